The van der Waals surface area contributed by atoms with Crippen LogP contribution in [0.15, 0.2) is 168 Å². The molecule has 1 atom stereocenters. The largest absolute Gasteiger partial charge is 0.456 e. The topological polar surface area (TPSA) is 61.7 Å². The zero-order chi connectivity index (χ0) is 38.3. The minimum Gasteiger partial charge on any atom is -0.456 e. The summed E-state index contributed by atoms with van der Waals surface area (Å²) >= 11 is 0. The van der Waals surface area contributed by atoms with Crippen LogP contribution in [-0.2, 0) is 0 Å². The van der Waals surface area contributed by atoms with E-state index in [2.05, 4.69) is 168 Å². The molecular weight excluding hydrogens is 711 g/mol. The minimum absolute atomic E-state index is 0.474. The molecule has 12 rings (SSSR count). The molecule has 0 N–H and O–H groups in total. The van der Waals surface area contributed by atoms with Gasteiger partial charge in [0.1, 0.15) is 11.2 Å². The van der Waals surface area contributed by atoms with Crippen molar-refractivity contribution in [2.45, 2.75) is 26.2 Å². The monoisotopic (exact) mass is 747 g/mol. The quantitative estimate of drug-likeness (QED) is 0.176. The van der Waals surface area contributed by atoms with Crippen molar-refractivity contribution in [2.24, 2.45) is 5.92 Å². The molecule has 0 bridgehead atoms. The fraction of sp³-hybridized carbons (Fsp3) is 0.0962. The van der Waals surface area contributed by atoms with Gasteiger partial charge in [0.15, 0.2) is 11.6 Å². The second-order valence-electron chi connectivity index (χ2n) is 15.6. The molecule has 0 fully saturated rings. The number of benzene rings is 6. The van der Waals surface area contributed by atoms with Crippen molar-refractivity contribution in [3.63, 3.8) is 0 Å². The molecule has 0 radical (unpaired) electrons. The molecule has 2 aliphatic rings. The zero-order valence-electron chi connectivity index (χ0n) is 31.9. The van der Waals surface area contributed by atoms with Crippen molar-refractivity contribution < 1.29 is 4.42 Å². The number of hydrogen-bond acceptors (Lipinski definition) is 4. The first-order valence-corrected chi connectivity index (χ1v) is 20.2. The van der Waals surface area contributed by atoms with Crippen LogP contribution in [0.25, 0.3) is 105 Å². The van der Waals surface area contributed by atoms with Gasteiger partial charge >= 0.3 is 0 Å². The van der Waals surface area contributed by atoms with Crippen molar-refractivity contribution in [2.75, 3.05) is 0 Å². The first-order valence-electron chi connectivity index (χ1n) is 20.2. The van der Waals surface area contributed by atoms with Crippen molar-refractivity contribution >= 4 is 76.8 Å². The molecule has 276 valence electrons. The van der Waals surface area contributed by atoms with Gasteiger partial charge in [0.2, 0.25) is 5.95 Å². The molecule has 4 heterocycles. The molecule has 10 aromatic rings. The van der Waals surface area contributed by atoms with E-state index in [9.17, 15) is 0 Å². The minimum atomic E-state index is 0.474. The van der Waals surface area contributed by atoms with Crippen molar-refractivity contribution in [1.82, 2.24) is 24.1 Å². The van der Waals surface area contributed by atoms with E-state index in [1.54, 1.807) is 0 Å². The first-order chi connectivity index (χ1) is 28.6. The molecule has 0 aliphatic heterocycles. The van der Waals surface area contributed by atoms with E-state index >= 15 is 0 Å². The SMILES string of the molecule is CC1C=CC(c2nc(-c3ccc4c(c3)c3cc(-c5ccc6oc7ccccc7c6c5)ccc3n4C3=CCCC=C3)nc(-n3c4ccccc4c4ccccc43)n2)=CC1. The van der Waals surface area contributed by atoms with Crippen LogP contribution in [0, 0.1) is 5.92 Å². The molecule has 6 heteroatoms. The highest BCUT2D eigenvalue weighted by Gasteiger charge is 2.21. The molecule has 0 spiro atoms. The molecule has 2 aliphatic carbocycles. The Hall–Kier alpha value is -7.31. The number of furan rings is 1. The molecule has 58 heavy (non-hydrogen) atoms. The van der Waals surface area contributed by atoms with Crippen LogP contribution in [0.2, 0.25) is 0 Å². The summed E-state index contributed by atoms with van der Waals surface area (Å²) in [5.74, 6) is 2.40. The van der Waals surface area contributed by atoms with Gasteiger partial charge in [0.25, 0.3) is 0 Å². The molecule has 0 saturated heterocycles. The van der Waals surface area contributed by atoms with Gasteiger partial charge in [-0.1, -0.05) is 104 Å². The highest BCUT2D eigenvalue weighted by molar-refractivity contribution is 6.13. The smallest absolute Gasteiger partial charge is 0.238 e. The highest BCUT2D eigenvalue weighted by atomic mass is 16.3. The lowest BCUT2D eigenvalue weighted by molar-refractivity contribution is 0.669. The van der Waals surface area contributed by atoms with Gasteiger partial charge in [-0.05, 0) is 103 Å². The average Bonchev–Trinajstić information content (AvgIpc) is 3.94. The van der Waals surface area contributed by atoms with Crippen LogP contribution in [-0.4, -0.2) is 24.1 Å². The van der Waals surface area contributed by atoms with Gasteiger partial charge in [-0.25, -0.2) is 4.98 Å². The number of rotatable bonds is 5. The molecular formula is C52H37N5O. The summed E-state index contributed by atoms with van der Waals surface area (Å²) in [4.78, 5) is 15.7. The number of fused-ring (bicyclic) bond motifs is 9. The first kappa shape index (κ1) is 32.9. The fourth-order valence-corrected chi connectivity index (χ4v) is 9.05. The summed E-state index contributed by atoms with van der Waals surface area (Å²) in [6.07, 6.45) is 16.6. The Morgan fingerprint density at radius 1 is 0.517 bits per heavy atom. The maximum absolute atomic E-state index is 6.18. The Balaban J connectivity index is 1.08. The number of aromatic nitrogens is 5. The summed E-state index contributed by atoms with van der Waals surface area (Å²) < 4.78 is 10.8. The third kappa shape index (κ3) is 5.15. The number of para-hydroxylation sites is 3. The van der Waals surface area contributed by atoms with Gasteiger partial charge in [-0.3, -0.25) is 4.57 Å². The van der Waals surface area contributed by atoms with Gasteiger partial charge in [-0.15, -0.1) is 0 Å². The van der Waals surface area contributed by atoms with E-state index < -0.39 is 0 Å². The van der Waals surface area contributed by atoms with Crippen molar-refractivity contribution in [3.8, 4) is 28.5 Å². The summed E-state index contributed by atoms with van der Waals surface area (Å²) in [6.45, 7) is 2.24. The zero-order valence-corrected chi connectivity index (χ0v) is 31.9. The Kier molecular flexibility index (Phi) is 7.29. The van der Waals surface area contributed by atoms with E-state index in [0.717, 1.165) is 90.9 Å². The Labute approximate surface area is 334 Å². The molecule has 6 nitrogen and oxygen atoms in total. The second kappa shape index (κ2) is 12.9. The summed E-state index contributed by atoms with van der Waals surface area (Å²) in [5.41, 5.74) is 11.7. The number of hydrogen-bond donors (Lipinski definition) is 0. The lowest BCUT2D eigenvalue weighted by Gasteiger charge is -2.14. The number of nitrogens with zero attached hydrogens (tertiary/aromatic N) is 5. The van der Waals surface area contributed by atoms with Crippen LogP contribution < -0.4 is 0 Å². The Morgan fingerprint density at radius 2 is 1.14 bits per heavy atom. The molecule has 4 aromatic heterocycles. The number of allylic oxidation sites excluding steroid dienone is 8. The van der Waals surface area contributed by atoms with E-state index in [1.165, 1.54) is 21.9 Å². The van der Waals surface area contributed by atoms with E-state index in [-0.39, 0.29) is 0 Å². The van der Waals surface area contributed by atoms with Gasteiger partial charge in [0, 0.05) is 49.2 Å². The average molecular weight is 748 g/mol. The summed E-state index contributed by atoms with van der Waals surface area (Å²) in [6, 6.07) is 45.3. The van der Waals surface area contributed by atoms with Crippen molar-refractivity contribution in [1.29, 1.82) is 0 Å². The van der Waals surface area contributed by atoms with Crippen LogP contribution in [0.3, 0.4) is 0 Å². The van der Waals surface area contributed by atoms with Gasteiger partial charge in [-0.2, -0.15) is 9.97 Å². The predicted molar refractivity (Wildman–Crippen MR) is 239 cm³/mol. The lowest BCUT2D eigenvalue weighted by atomic mass is 9.98. The molecule has 0 saturated carbocycles. The maximum atomic E-state index is 6.18. The summed E-state index contributed by atoms with van der Waals surface area (Å²) in [5, 5.41) is 6.92. The van der Waals surface area contributed by atoms with E-state index in [0.29, 0.717) is 23.5 Å². The third-order valence-corrected chi connectivity index (χ3v) is 11.9. The Morgan fingerprint density at radius 3 is 1.86 bits per heavy atom. The van der Waals surface area contributed by atoms with Crippen LogP contribution >= 0.6 is 0 Å². The fourth-order valence-electron chi connectivity index (χ4n) is 9.05. The van der Waals surface area contributed by atoms with Gasteiger partial charge in [0.05, 0.1) is 22.1 Å². The summed E-state index contributed by atoms with van der Waals surface area (Å²) in [7, 11) is 0. The van der Waals surface area contributed by atoms with Crippen LogP contribution in [0.4, 0.5) is 0 Å². The standard InChI is InChI=1S/C52H37N5O/c1-32-19-21-33(22-20-32)50-53-51(55-52(54-50)57-44-16-8-5-13-38(44)39-14-6-9-17-45(39)57)36-24-27-47-42(31-36)41-29-34(23-26-46(41)56(47)37-11-3-2-4-12-37)35-25-28-49-43(30-35)40-15-7-10-18-48(40)58-49/h3,5-19,21-32H,2,4,20H2,1H3. The third-order valence-electron chi connectivity index (χ3n) is 11.9. The molecule has 6 aromatic carbocycles. The normalized spacial score (nSPS) is 15.7. The molecule has 0 amide bonds. The predicted octanol–water partition coefficient (Wildman–Crippen LogP) is 13.5. The van der Waals surface area contributed by atoms with Crippen LogP contribution in [0.1, 0.15) is 32.0 Å². The Bertz CT molecular complexity index is 3410. The van der Waals surface area contributed by atoms with Crippen molar-refractivity contribution in [3.05, 3.63) is 170 Å². The highest BCUT2D eigenvalue weighted by Crippen LogP contribution is 2.40. The lowest BCUT2D eigenvalue weighted by Crippen LogP contribution is -2.08. The van der Waals surface area contributed by atoms with E-state index in [1.807, 2.05) is 12.1 Å². The van der Waals surface area contributed by atoms with Gasteiger partial charge < -0.3 is 8.98 Å². The maximum Gasteiger partial charge on any atom is 0.238 e. The van der Waals surface area contributed by atoms with E-state index in [4.69, 9.17) is 19.4 Å². The van der Waals surface area contributed by atoms with Crippen LogP contribution in [0.5, 0.6) is 0 Å². The molecule has 1 unspecified atom stereocenters. The second-order valence-corrected chi connectivity index (χ2v) is 15.6.